The van der Waals surface area contributed by atoms with E-state index in [9.17, 15) is 4.79 Å². The molecule has 0 bridgehead atoms. The Morgan fingerprint density at radius 3 is 2.86 bits per heavy atom. The number of rotatable bonds is 1. The third-order valence-electron chi connectivity index (χ3n) is 3.81. The van der Waals surface area contributed by atoms with Gasteiger partial charge in [-0.25, -0.2) is 0 Å². The number of aliphatic imine (C=N–C) groups is 1. The van der Waals surface area contributed by atoms with Gasteiger partial charge in [0.15, 0.2) is 5.17 Å². The van der Waals surface area contributed by atoms with Crippen LogP contribution in [0.5, 0.6) is 0 Å². The van der Waals surface area contributed by atoms with Crippen LogP contribution in [-0.4, -0.2) is 29.1 Å². The molecule has 1 amide bonds. The summed E-state index contributed by atoms with van der Waals surface area (Å²) < 4.78 is 0. The predicted octanol–water partition coefficient (Wildman–Crippen LogP) is 4.04. The smallest absolute Gasteiger partial charge is 0.286 e. The van der Waals surface area contributed by atoms with Crippen LogP contribution in [0.3, 0.4) is 0 Å². The Hall–Kier alpha value is -1.26. The number of carbonyl (C=O) groups excluding carboxylic acids is 1. The van der Waals surface area contributed by atoms with E-state index in [0.717, 1.165) is 29.7 Å². The average Bonchev–Trinajstić information content (AvgIpc) is 2.81. The number of amides is 1. The summed E-state index contributed by atoms with van der Waals surface area (Å²) in [6.07, 6.45) is 4.20. The molecule has 0 aromatic heterocycles. The highest BCUT2D eigenvalue weighted by molar-refractivity contribution is 8.18. The molecule has 1 aromatic carbocycles. The van der Waals surface area contributed by atoms with Gasteiger partial charge in [0.1, 0.15) is 0 Å². The minimum atomic E-state index is -0.145. The van der Waals surface area contributed by atoms with Crippen molar-refractivity contribution in [2.45, 2.75) is 19.8 Å². The second-order valence-corrected chi connectivity index (χ2v) is 6.98. The zero-order chi connectivity index (χ0) is 14.8. The number of halogens is 1. The summed E-state index contributed by atoms with van der Waals surface area (Å²) in [6.45, 7) is 4.26. The Labute approximate surface area is 134 Å². The molecular formula is C16H17ClN2OS. The average molecular weight is 321 g/mol. The van der Waals surface area contributed by atoms with Crippen LogP contribution < -0.4 is 0 Å². The Bertz CT molecular complexity index is 618. The minimum Gasteiger partial charge on any atom is -0.351 e. The molecule has 0 atom stereocenters. The maximum Gasteiger partial charge on any atom is 0.286 e. The SMILES string of the molecule is CC1CCN(C2=NC(=O)/C(=C\c3cccc(Cl)c3)S2)CC1. The number of thioether (sulfide) groups is 1. The lowest BCUT2D eigenvalue weighted by Gasteiger charge is -2.30. The highest BCUT2D eigenvalue weighted by atomic mass is 35.5. The van der Waals surface area contributed by atoms with E-state index in [1.807, 2.05) is 30.3 Å². The zero-order valence-corrected chi connectivity index (χ0v) is 13.5. The van der Waals surface area contributed by atoms with E-state index < -0.39 is 0 Å². The van der Waals surface area contributed by atoms with Crippen LogP contribution in [0.2, 0.25) is 5.02 Å². The van der Waals surface area contributed by atoms with Crippen LogP contribution in [0.15, 0.2) is 34.2 Å². The Balaban J connectivity index is 1.73. The van der Waals surface area contributed by atoms with Gasteiger partial charge in [-0.2, -0.15) is 4.99 Å². The largest absolute Gasteiger partial charge is 0.351 e. The number of likely N-dealkylation sites (tertiary alicyclic amines) is 1. The van der Waals surface area contributed by atoms with Gasteiger partial charge in [0.05, 0.1) is 4.91 Å². The quantitative estimate of drug-likeness (QED) is 0.732. The molecule has 5 heteroatoms. The van der Waals surface area contributed by atoms with Gasteiger partial charge in [0.25, 0.3) is 5.91 Å². The molecule has 0 N–H and O–H groups in total. The van der Waals surface area contributed by atoms with Crippen molar-refractivity contribution in [1.82, 2.24) is 4.90 Å². The Morgan fingerprint density at radius 1 is 1.38 bits per heavy atom. The first-order valence-electron chi connectivity index (χ1n) is 7.15. The normalized spacial score (nSPS) is 22.0. The van der Waals surface area contributed by atoms with Crippen molar-refractivity contribution >= 4 is 40.5 Å². The molecule has 110 valence electrons. The van der Waals surface area contributed by atoms with Crippen molar-refractivity contribution < 1.29 is 4.79 Å². The summed E-state index contributed by atoms with van der Waals surface area (Å²) in [4.78, 5) is 19.1. The van der Waals surface area contributed by atoms with E-state index in [1.165, 1.54) is 24.6 Å². The molecule has 0 radical (unpaired) electrons. The van der Waals surface area contributed by atoms with Crippen LogP contribution in [0.25, 0.3) is 6.08 Å². The maximum atomic E-state index is 12.0. The highest BCUT2D eigenvalue weighted by Gasteiger charge is 2.28. The van der Waals surface area contributed by atoms with Gasteiger partial charge >= 0.3 is 0 Å². The molecule has 1 aromatic rings. The number of hydrogen-bond donors (Lipinski definition) is 0. The number of benzene rings is 1. The third-order valence-corrected chi connectivity index (χ3v) is 5.09. The third kappa shape index (κ3) is 3.50. The number of nitrogens with zero attached hydrogens (tertiary/aromatic N) is 2. The first-order valence-corrected chi connectivity index (χ1v) is 8.34. The van der Waals surface area contributed by atoms with Gasteiger partial charge in [0.2, 0.25) is 0 Å². The van der Waals surface area contributed by atoms with Crippen molar-refractivity contribution in [3.63, 3.8) is 0 Å². The number of hydrogen-bond acceptors (Lipinski definition) is 3. The van der Waals surface area contributed by atoms with Crippen molar-refractivity contribution in [1.29, 1.82) is 0 Å². The molecule has 3 rings (SSSR count). The molecule has 0 unspecified atom stereocenters. The standard InChI is InChI=1S/C16H17ClN2OS/c1-11-5-7-19(8-6-11)16-18-15(20)14(21-16)10-12-3-2-4-13(17)9-12/h2-4,9-11H,5-8H2,1H3/b14-10+. The molecular weight excluding hydrogens is 304 g/mol. The summed E-state index contributed by atoms with van der Waals surface area (Å²) in [7, 11) is 0. The molecule has 1 saturated heterocycles. The molecule has 2 aliphatic rings. The van der Waals surface area contributed by atoms with Gasteiger partial charge < -0.3 is 4.90 Å². The molecule has 2 heterocycles. The van der Waals surface area contributed by atoms with Crippen molar-refractivity contribution in [2.24, 2.45) is 10.9 Å². The number of carbonyl (C=O) groups is 1. The second kappa shape index (κ2) is 6.24. The highest BCUT2D eigenvalue weighted by Crippen LogP contribution is 2.32. The fourth-order valence-corrected chi connectivity index (χ4v) is 3.64. The first-order chi connectivity index (χ1) is 10.1. The van der Waals surface area contributed by atoms with E-state index in [2.05, 4.69) is 16.8 Å². The van der Waals surface area contributed by atoms with Gasteiger partial charge in [-0.1, -0.05) is 30.7 Å². The lowest BCUT2D eigenvalue weighted by Crippen LogP contribution is -2.35. The molecule has 1 fully saturated rings. The summed E-state index contributed by atoms with van der Waals surface area (Å²) in [5, 5.41) is 1.52. The van der Waals surface area contributed by atoms with E-state index >= 15 is 0 Å². The summed E-state index contributed by atoms with van der Waals surface area (Å²) in [6, 6.07) is 7.49. The predicted molar refractivity (Wildman–Crippen MR) is 89.4 cm³/mol. The Morgan fingerprint density at radius 2 is 2.14 bits per heavy atom. The van der Waals surface area contributed by atoms with E-state index in [0.29, 0.717) is 9.93 Å². The van der Waals surface area contributed by atoms with E-state index in [1.54, 1.807) is 0 Å². The van der Waals surface area contributed by atoms with Crippen LogP contribution in [0, 0.1) is 5.92 Å². The van der Waals surface area contributed by atoms with Crippen LogP contribution in [0.4, 0.5) is 0 Å². The summed E-state index contributed by atoms with van der Waals surface area (Å²) in [5.41, 5.74) is 0.932. The fraction of sp³-hybridized carbons (Fsp3) is 0.375. The van der Waals surface area contributed by atoms with Crippen molar-refractivity contribution in [3.05, 3.63) is 39.8 Å². The topological polar surface area (TPSA) is 32.7 Å². The fourth-order valence-electron chi connectivity index (χ4n) is 2.48. The van der Waals surface area contributed by atoms with Crippen LogP contribution in [0.1, 0.15) is 25.3 Å². The van der Waals surface area contributed by atoms with E-state index in [4.69, 9.17) is 11.6 Å². The van der Waals surface area contributed by atoms with Gasteiger partial charge in [-0.15, -0.1) is 0 Å². The van der Waals surface area contributed by atoms with Gasteiger partial charge in [-0.3, -0.25) is 4.79 Å². The first kappa shape index (κ1) is 14.7. The molecule has 0 saturated carbocycles. The molecule has 0 aliphatic carbocycles. The van der Waals surface area contributed by atoms with Crippen LogP contribution >= 0.6 is 23.4 Å². The van der Waals surface area contributed by atoms with Gasteiger partial charge in [0, 0.05) is 18.1 Å². The summed E-state index contributed by atoms with van der Waals surface area (Å²) >= 11 is 7.44. The number of amidine groups is 1. The zero-order valence-electron chi connectivity index (χ0n) is 11.9. The molecule has 3 nitrogen and oxygen atoms in total. The Kier molecular flexibility index (Phi) is 4.36. The van der Waals surface area contributed by atoms with Crippen molar-refractivity contribution in [2.75, 3.05) is 13.1 Å². The monoisotopic (exact) mass is 320 g/mol. The molecule has 0 spiro atoms. The van der Waals surface area contributed by atoms with Crippen molar-refractivity contribution in [3.8, 4) is 0 Å². The second-order valence-electron chi connectivity index (χ2n) is 5.53. The van der Waals surface area contributed by atoms with Gasteiger partial charge in [-0.05, 0) is 54.3 Å². The molecule has 21 heavy (non-hydrogen) atoms. The maximum absolute atomic E-state index is 12.0. The van der Waals surface area contributed by atoms with Crippen LogP contribution in [-0.2, 0) is 4.79 Å². The lowest BCUT2D eigenvalue weighted by atomic mass is 10.00. The minimum absolute atomic E-state index is 0.145. The summed E-state index contributed by atoms with van der Waals surface area (Å²) in [5.74, 6) is 0.624. The molecule has 2 aliphatic heterocycles. The lowest BCUT2D eigenvalue weighted by molar-refractivity contribution is -0.113. The number of piperidine rings is 1. The van der Waals surface area contributed by atoms with E-state index in [-0.39, 0.29) is 5.91 Å².